The number of nitrogens with one attached hydrogen (secondary N) is 2. The molecule has 2 aromatic rings. The van der Waals surface area contributed by atoms with Crippen LogP contribution in [0, 0.1) is 6.92 Å². The molecular formula is C22H32IN5O. The van der Waals surface area contributed by atoms with E-state index in [4.69, 9.17) is 4.42 Å². The van der Waals surface area contributed by atoms with Gasteiger partial charge >= 0.3 is 0 Å². The molecule has 2 atom stereocenters. The van der Waals surface area contributed by atoms with Crippen LogP contribution in [-0.2, 0) is 6.54 Å². The molecule has 3 heterocycles. The van der Waals surface area contributed by atoms with Crippen molar-refractivity contribution in [3.8, 4) is 11.5 Å². The second kappa shape index (κ2) is 9.93. The molecule has 7 heteroatoms. The summed E-state index contributed by atoms with van der Waals surface area (Å²) in [6.07, 6.45) is 8.10. The number of nitrogens with zero attached hydrogens (tertiary/aromatic N) is 3. The lowest BCUT2D eigenvalue weighted by Crippen LogP contribution is -2.56. The van der Waals surface area contributed by atoms with E-state index < -0.39 is 0 Å². The Morgan fingerprint density at radius 3 is 2.55 bits per heavy atom. The first kappa shape index (κ1) is 22.1. The summed E-state index contributed by atoms with van der Waals surface area (Å²) in [6.45, 7) is 2.67. The largest absolute Gasteiger partial charge is 0.444 e. The van der Waals surface area contributed by atoms with E-state index in [0.717, 1.165) is 17.2 Å². The standard InChI is InChI=1S/C22H31N5O.HI/c1-15-7-9-16(10-8-15)21-25-18(14-28-21)13-24-22(23-2)26-17-11-19-5-4-6-20(12-17)27(19)3;/h7-10,14,17,19-20H,4-6,11-13H2,1-3H3,(H2,23,24,26);1H. The highest BCUT2D eigenvalue weighted by molar-refractivity contribution is 14.0. The zero-order valence-corrected chi connectivity index (χ0v) is 19.8. The van der Waals surface area contributed by atoms with Crippen molar-refractivity contribution in [1.29, 1.82) is 0 Å². The van der Waals surface area contributed by atoms with E-state index in [1.807, 2.05) is 19.2 Å². The van der Waals surface area contributed by atoms with E-state index in [2.05, 4.69) is 51.6 Å². The van der Waals surface area contributed by atoms with Gasteiger partial charge in [0.25, 0.3) is 0 Å². The van der Waals surface area contributed by atoms with Gasteiger partial charge in [0.15, 0.2) is 5.96 Å². The fourth-order valence-corrected chi connectivity index (χ4v) is 4.51. The monoisotopic (exact) mass is 509 g/mol. The van der Waals surface area contributed by atoms with Gasteiger partial charge in [-0.3, -0.25) is 4.99 Å². The molecule has 0 aliphatic carbocycles. The number of halogens is 1. The third-order valence-corrected chi connectivity index (χ3v) is 6.19. The van der Waals surface area contributed by atoms with Crippen molar-refractivity contribution in [1.82, 2.24) is 20.5 Å². The zero-order valence-electron chi connectivity index (χ0n) is 17.5. The average Bonchev–Trinajstić information content (AvgIpc) is 3.15. The van der Waals surface area contributed by atoms with Crippen LogP contribution in [0.4, 0.5) is 0 Å². The van der Waals surface area contributed by atoms with E-state index in [1.54, 1.807) is 6.26 Å². The fraction of sp³-hybridized carbons (Fsp3) is 0.545. The minimum Gasteiger partial charge on any atom is -0.444 e. The summed E-state index contributed by atoms with van der Waals surface area (Å²) in [4.78, 5) is 11.6. The van der Waals surface area contributed by atoms with E-state index in [-0.39, 0.29) is 24.0 Å². The zero-order chi connectivity index (χ0) is 19.5. The minimum atomic E-state index is 0. The maximum Gasteiger partial charge on any atom is 0.226 e. The molecule has 0 amide bonds. The summed E-state index contributed by atoms with van der Waals surface area (Å²) in [5, 5.41) is 7.01. The number of rotatable bonds is 4. The molecule has 1 aromatic heterocycles. The number of aromatic nitrogens is 1. The number of fused-ring (bicyclic) bond motifs is 2. The number of hydrogen-bond donors (Lipinski definition) is 2. The molecule has 4 rings (SSSR count). The van der Waals surface area contributed by atoms with Crippen LogP contribution in [-0.4, -0.2) is 48.1 Å². The lowest BCUT2D eigenvalue weighted by Gasteiger charge is -2.47. The number of aliphatic imine (C=N–C) groups is 1. The maximum absolute atomic E-state index is 5.65. The first-order chi connectivity index (χ1) is 13.6. The van der Waals surface area contributed by atoms with Crippen molar-refractivity contribution in [2.45, 2.75) is 63.7 Å². The van der Waals surface area contributed by atoms with Crippen LogP contribution in [0.3, 0.4) is 0 Å². The van der Waals surface area contributed by atoms with E-state index in [9.17, 15) is 0 Å². The Hall–Kier alpha value is -1.61. The van der Waals surface area contributed by atoms with Crippen LogP contribution in [0.1, 0.15) is 43.4 Å². The summed E-state index contributed by atoms with van der Waals surface area (Å²) >= 11 is 0. The summed E-state index contributed by atoms with van der Waals surface area (Å²) in [6, 6.07) is 10.1. The maximum atomic E-state index is 5.65. The molecular weight excluding hydrogens is 477 g/mol. The van der Waals surface area contributed by atoms with Gasteiger partial charge in [-0.2, -0.15) is 0 Å². The van der Waals surface area contributed by atoms with E-state index in [1.165, 1.54) is 37.7 Å². The first-order valence-electron chi connectivity index (χ1n) is 10.3. The topological polar surface area (TPSA) is 65.7 Å². The molecule has 2 bridgehead atoms. The van der Waals surface area contributed by atoms with Gasteiger partial charge in [-0.15, -0.1) is 24.0 Å². The fourth-order valence-electron chi connectivity index (χ4n) is 4.51. The van der Waals surface area contributed by atoms with E-state index >= 15 is 0 Å². The van der Waals surface area contributed by atoms with E-state index in [0.29, 0.717) is 30.6 Å². The van der Waals surface area contributed by atoms with Crippen molar-refractivity contribution < 1.29 is 4.42 Å². The third-order valence-electron chi connectivity index (χ3n) is 6.19. The lowest BCUT2D eigenvalue weighted by molar-refractivity contribution is 0.0526. The molecule has 0 radical (unpaired) electrons. The normalized spacial score (nSPS) is 24.7. The van der Waals surface area contributed by atoms with Crippen LogP contribution in [0.25, 0.3) is 11.5 Å². The number of piperidine rings is 2. The van der Waals surface area contributed by atoms with Crippen LogP contribution in [0.2, 0.25) is 0 Å². The Balaban J connectivity index is 0.00000240. The Kier molecular flexibility index (Phi) is 7.56. The van der Waals surface area contributed by atoms with Crippen LogP contribution in [0.5, 0.6) is 0 Å². The predicted molar refractivity (Wildman–Crippen MR) is 128 cm³/mol. The molecule has 2 aliphatic rings. The summed E-state index contributed by atoms with van der Waals surface area (Å²) in [5.74, 6) is 1.50. The van der Waals surface area contributed by atoms with Gasteiger partial charge < -0.3 is 20.0 Å². The Morgan fingerprint density at radius 2 is 1.90 bits per heavy atom. The summed E-state index contributed by atoms with van der Waals surface area (Å²) in [5.41, 5.74) is 3.10. The molecule has 29 heavy (non-hydrogen) atoms. The van der Waals surface area contributed by atoms with Crippen molar-refractivity contribution in [2.75, 3.05) is 14.1 Å². The number of hydrogen-bond acceptors (Lipinski definition) is 4. The van der Waals surface area contributed by atoms with Crippen molar-refractivity contribution >= 4 is 29.9 Å². The quantitative estimate of drug-likeness (QED) is 0.371. The molecule has 0 saturated carbocycles. The van der Waals surface area contributed by atoms with Gasteiger partial charge in [0.1, 0.15) is 6.26 Å². The van der Waals surface area contributed by atoms with Crippen molar-refractivity contribution in [2.24, 2.45) is 4.99 Å². The lowest BCUT2D eigenvalue weighted by atomic mass is 9.82. The predicted octanol–water partition coefficient (Wildman–Crippen LogP) is 3.95. The molecule has 2 saturated heterocycles. The van der Waals surface area contributed by atoms with Crippen LogP contribution in [0.15, 0.2) is 39.9 Å². The minimum absolute atomic E-state index is 0. The van der Waals surface area contributed by atoms with Crippen LogP contribution >= 0.6 is 24.0 Å². The number of benzene rings is 1. The van der Waals surface area contributed by atoms with Gasteiger partial charge in [0.05, 0.1) is 12.2 Å². The summed E-state index contributed by atoms with van der Waals surface area (Å²) < 4.78 is 5.65. The van der Waals surface area contributed by atoms with Crippen molar-refractivity contribution in [3.63, 3.8) is 0 Å². The van der Waals surface area contributed by atoms with Gasteiger partial charge in [-0.25, -0.2) is 4.98 Å². The number of oxazole rings is 1. The number of guanidine groups is 1. The summed E-state index contributed by atoms with van der Waals surface area (Å²) in [7, 11) is 4.11. The number of aryl methyl sites for hydroxylation is 1. The Bertz CT molecular complexity index is 805. The molecule has 0 spiro atoms. The highest BCUT2D eigenvalue weighted by atomic mass is 127. The highest BCUT2D eigenvalue weighted by Gasteiger charge is 2.36. The highest BCUT2D eigenvalue weighted by Crippen LogP contribution is 2.32. The molecule has 2 fully saturated rings. The SMILES string of the molecule is CN=C(NCc1coc(-c2ccc(C)cc2)n1)NC1CC2CCCC(C1)N2C.I. The Labute approximate surface area is 190 Å². The molecule has 2 unspecified atom stereocenters. The molecule has 158 valence electrons. The van der Waals surface area contributed by atoms with Gasteiger partial charge in [0, 0.05) is 30.7 Å². The molecule has 1 aromatic carbocycles. The van der Waals surface area contributed by atoms with Crippen molar-refractivity contribution in [3.05, 3.63) is 41.8 Å². The van der Waals surface area contributed by atoms with Gasteiger partial charge in [0.2, 0.25) is 5.89 Å². The second-order valence-electron chi connectivity index (χ2n) is 8.15. The van der Waals surface area contributed by atoms with Crippen LogP contribution < -0.4 is 10.6 Å². The smallest absolute Gasteiger partial charge is 0.226 e. The molecule has 6 nitrogen and oxygen atoms in total. The molecule has 2 aliphatic heterocycles. The molecule has 2 N–H and O–H groups in total. The first-order valence-corrected chi connectivity index (χ1v) is 10.3. The average molecular weight is 509 g/mol. The van der Waals surface area contributed by atoms with Gasteiger partial charge in [-0.05, 0) is 51.8 Å². The Morgan fingerprint density at radius 1 is 1.21 bits per heavy atom. The third kappa shape index (κ3) is 5.31. The van der Waals surface area contributed by atoms with Gasteiger partial charge in [-0.1, -0.05) is 24.1 Å². The second-order valence-corrected chi connectivity index (χ2v) is 8.15.